The molecule has 3 rings (SSSR count). The second kappa shape index (κ2) is 11.7. The van der Waals surface area contributed by atoms with Gasteiger partial charge < -0.3 is 20.5 Å². The lowest BCUT2D eigenvalue weighted by atomic mass is 10.1. The molecule has 2 amide bonds. The molecular formula is C23H25N5O5S2. The van der Waals surface area contributed by atoms with Crippen molar-refractivity contribution >= 4 is 45.9 Å². The van der Waals surface area contributed by atoms with Crippen molar-refractivity contribution in [1.29, 1.82) is 0 Å². The van der Waals surface area contributed by atoms with Gasteiger partial charge in [-0.1, -0.05) is 30.0 Å². The number of nitrogens with zero attached hydrogens (tertiary/aromatic N) is 3. The van der Waals surface area contributed by atoms with E-state index < -0.39 is 17.8 Å². The Bertz CT molecular complexity index is 1270. The Labute approximate surface area is 210 Å². The number of anilines is 1. The molecule has 35 heavy (non-hydrogen) atoms. The molecule has 0 unspecified atom stereocenters. The lowest BCUT2D eigenvalue weighted by molar-refractivity contribution is -0.113. The van der Waals surface area contributed by atoms with Gasteiger partial charge in [-0.25, -0.2) is 4.79 Å². The third-order valence-electron chi connectivity index (χ3n) is 4.80. The van der Waals surface area contributed by atoms with Crippen LogP contribution in [0.15, 0.2) is 42.1 Å². The van der Waals surface area contributed by atoms with E-state index in [4.69, 9.17) is 15.2 Å². The average molecular weight is 516 g/mol. The van der Waals surface area contributed by atoms with E-state index in [1.54, 1.807) is 13.0 Å². The monoisotopic (exact) mass is 515 g/mol. The molecule has 0 saturated heterocycles. The van der Waals surface area contributed by atoms with Crippen LogP contribution in [0.1, 0.15) is 32.5 Å². The third kappa shape index (κ3) is 5.72. The highest BCUT2D eigenvalue weighted by Crippen LogP contribution is 2.34. The molecule has 0 atom stereocenters. The zero-order valence-corrected chi connectivity index (χ0v) is 21.1. The normalized spacial score (nSPS) is 10.6. The van der Waals surface area contributed by atoms with Gasteiger partial charge in [-0.2, -0.15) is 0 Å². The fourth-order valence-electron chi connectivity index (χ4n) is 3.30. The number of allylic oxidation sites excluding steroid dienone is 1. The topological polar surface area (TPSA) is 138 Å². The number of nitrogens with one attached hydrogen (secondary N) is 1. The van der Waals surface area contributed by atoms with Crippen LogP contribution in [0.5, 0.6) is 5.75 Å². The molecule has 0 aliphatic heterocycles. The van der Waals surface area contributed by atoms with E-state index >= 15 is 0 Å². The minimum atomic E-state index is -0.690. The SMILES string of the molecule is C=CCn1c(SCC(=O)Nc2sc(C(N)=O)c(C)c2C(=O)OC)nnc1-c1ccccc1OCC. The number of rotatable bonds is 11. The number of methoxy groups -OCH3 is 1. The fourth-order valence-corrected chi connectivity index (χ4v) is 5.11. The number of esters is 1. The van der Waals surface area contributed by atoms with Crippen molar-refractivity contribution in [2.75, 3.05) is 24.8 Å². The number of para-hydroxylation sites is 1. The van der Waals surface area contributed by atoms with Gasteiger partial charge in [0.05, 0.1) is 35.5 Å². The van der Waals surface area contributed by atoms with Crippen molar-refractivity contribution in [3.63, 3.8) is 0 Å². The molecular weight excluding hydrogens is 490 g/mol. The van der Waals surface area contributed by atoms with Gasteiger partial charge in [0.2, 0.25) is 5.91 Å². The Morgan fingerprint density at radius 1 is 1.29 bits per heavy atom. The molecule has 2 heterocycles. The molecule has 10 nitrogen and oxygen atoms in total. The summed E-state index contributed by atoms with van der Waals surface area (Å²) in [5.41, 5.74) is 6.64. The maximum Gasteiger partial charge on any atom is 0.341 e. The number of hydrogen-bond acceptors (Lipinski definition) is 9. The first-order chi connectivity index (χ1) is 16.8. The fraction of sp³-hybridized carbons (Fsp3) is 0.261. The quantitative estimate of drug-likeness (QED) is 0.225. The number of thioether (sulfide) groups is 1. The van der Waals surface area contributed by atoms with E-state index in [-0.39, 0.29) is 21.2 Å². The minimum absolute atomic E-state index is 0.0220. The van der Waals surface area contributed by atoms with E-state index in [0.29, 0.717) is 35.4 Å². The maximum atomic E-state index is 12.7. The highest BCUT2D eigenvalue weighted by atomic mass is 32.2. The number of benzene rings is 1. The van der Waals surface area contributed by atoms with E-state index in [0.717, 1.165) is 16.9 Å². The Morgan fingerprint density at radius 2 is 2.03 bits per heavy atom. The average Bonchev–Trinajstić information content (AvgIpc) is 3.38. The van der Waals surface area contributed by atoms with Gasteiger partial charge in [0.15, 0.2) is 11.0 Å². The largest absolute Gasteiger partial charge is 0.493 e. The van der Waals surface area contributed by atoms with Gasteiger partial charge in [0, 0.05) is 6.54 Å². The molecule has 3 N–H and O–H groups in total. The number of ether oxygens (including phenoxy) is 2. The Balaban J connectivity index is 1.82. The molecule has 0 aliphatic rings. The van der Waals surface area contributed by atoms with Crippen LogP contribution in [0.3, 0.4) is 0 Å². The standard InChI is InChI=1S/C23H25N5O5S2/c1-5-11-28-20(14-9-7-8-10-15(14)33-6-2)26-27-23(28)34-12-16(29)25-21-17(22(31)32-4)13(3)18(35-21)19(24)30/h5,7-10H,1,6,11-12H2,2-4H3,(H2,24,30)(H,25,29). The summed E-state index contributed by atoms with van der Waals surface area (Å²) in [6.07, 6.45) is 1.71. The first-order valence-electron chi connectivity index (χ1n) is 10.5. The predicted octanol–water partition coefficient (Wildman–Crippen LogP) is 3.52. The number of nitrogens with two attached hydrogens (primary N) is 1. The van der Waals surface area contributed by atoms with Crippen molar-refractivity contribution in [1.82, 2.24) is 14.8 Å². The molecule has 0 saturated carbocycles. The molecule has 2 aromatic heterocycles. The Hall–Kier alpha value is -3.64. The number of aromatic nitrogens is 3. The summed E-state index contributed by atoms with van der Waals surface area (Å²) in [4.78, 5) is 36.8. The minimum Gasteiger partial charge on any atom is -0.493 e. The van der Waals surface area contributed by atoms with E-state index in [9.17, 15) is 14.4 Å². The van der Waals surface area contributed by atoms with E-state index in [1.807, 2.05) is 35.8 Å². The Morgan fingerprint density at radius 3 is 2.69 bits per heavy atom. The molecule has 1 aromatic carbocycles. The Kier molecular flexibility index (Phi) is 8.66. The predicted molar refractivity (Wildman–Crippen MR) is 135 cm³/mol. The highest BCUT2D eigenvalue weighted by Gasteiger charge is 2.25. The van der Waals surface area contributed by atoms with Gasteiger partial charge in [-0.05, 0) is 31.5 Å². The number of thiophene rings is 1. The molecule has 0 aliphatic carbocycles. The highest BCUT2D eigenvalue weighted by molar-refractivity contribution is 7.99. The molecule has 0 spiro atoms. The molecule has 12 heteroatoms. The first kappa shape index (κ1) is 26.0. The maximum absolute atomic E-state index is 12.7. The van der Waals surface area contributed by atoms with Gasteiger partial charge in [0.1, 0.15) is 10.8 Å². The number of primary amides is 1. The summed E-state index contributed by atoms with van der Waals surface area (Å²) in [5, 5.41) is 12.0. The van der Waals surface area contributed by atoms with Crippen LogP contribution in [0.2, 0.25) is 0 Å². The second-order valence-electron chi connectivity index (χ2n) is 7.09. The molecule has 184 valence electrons. The summed E-state index contributed by atoms with van der Waals surface area (Å²) in [6.45, 7) is 8.20. The first-order valence-corrected chi connectivity index (χ1v) is 12.3. The van der Waals surface area contributed by atoms with Crippen LogP contribution < -0.4 is 15.8 Å². The lowest BCUT2D eigenvalue weighted by Gasteiger charge is -2.11. The van der Waals surface area contributed by atoms with Crippen molar-refractivity contribution in [3.8, 4) is 17.1 Å². The van der Waals surface area contributed by atoms with Gasteiger partial charge in [0.25, 0.3) is 5.91 Å². The third-order valence-corrected chi connectivity index (χ3v) is 6.99. The summed E-state index contributed by atoms with van der Waals surface area (Å²) in [6, 6.07) is 7.50. The van der Waals surface area contributed by atoms with Crippen molar-refractivity contribution in [2.45, 2.75) is 25.5 Å². The van der Waals surface area contributed by atoms with Crippen LogP contribution >= 0.6 is 23.1 Å². The molecule has 3 aromatic rings. The number of carbonyl (C=O) groups excluding carboxylic acids is 3. The summed E-state index contributed by atoms with van der Waals surface area (Å²) in [5.74, 6) is -0.518. The van der Waals surface area contributed by atoms with Crippen molar-refractivity contribution in [3.05, 3.63) is 52.9 Å². The van der Waals surface area contributed by atoms with Crippen LogP contribution in [0, 0.1) is 6.92 Å². The van der Waals surface area contributed by atoms with E-state index in [2.05, 4.69) is 22.1 Å². The van der Waals surface area contributed by atoms with Crippen LogP contribution in [-0.4, -0.2) is 52.0 Å². The van der Waals surface area contributed by atoms with Gasteiger partial charge >= 0.3 is 5.97 Å². The van der Waals surface area contributed by atoms with Gasteiger partial charge in [-0.3, -0.25) is 14.2 Å². The molecule has 0 bridgehead atoms. The van der Waals surface area contributed by atoms with E-state index in [1.165, 1.54) is 18.9 Å². The molecule has 0 radical (unpaired) electrons. The van der Waals surface area contributed by atoms with Crippen LogP contribution in [-0.2, 0) is 16.1 Å². The summed E-state index contributed by atoms with van der Waals surface area (Å²) >= 11 is 2.10. The zero-order chi connectivity index (χ0) is 25.5. The second-order valence-corrected chi connectivity index (χ2v) is 9.05. The summed E-state index contributed by atoms with van der Waals surface area (Å²) in [7, 11) is 1.22. The number of hydrogen-bond donors (Lipinski definition) is 2. The molecule has 0 fully saturated rings. The van der Waals surface area contributed by atoms with Crippen molar-refractivity contribution in [2.24, 2.45) is 5.73 Å². The van der Waals surface area contributed by atoms with Crippen LogP contribution in [0.4, 0.5) is 5.00 Å². The summed E-state index contributed by atoms with van der Waals surface area (Å²) < 4.78 is 12.3. The number of amides is 2. The number of carbonyl (C=O) groups is 3. The van der Waals surface area contributed by atoms with Gasteiger partial charge in [-0.15, -0.1) is 28.1 Å². The zero-order valence-electron chi connectivity index (χ0n) is 19.5. The van der Waals surface area contributed by atoms with Crippen molar-refractivity contribution < 1.29 is 23.9 Å². The smallest absolute Gasteiger partial charge is 0.341 e. The van der Waals surface area contributed by atoms with Crippen LogP contribution in [0.25, 0.3) is 11.4 Å². The lowest BCUT2D eigenvalue weighted by Crippen LogP contribution is -2.16.